The molecule has 7 nitrogen and oxygen atoms in total. The highest BCUT2D eigenvalue weighted by Gasteiger charge is 2.29. The topological polar surface area (TPSA) is 94.7 Å². The Hall–Kier alpha value is -3.70. The molecule has 0 bridgehead atoms. The van der Waals surface area contributed by atoms with E-state index in [0.717, 1.165) is 30.7 Å². The van der Waals surface area contributed by atoms with Crippen LogP contribution < -0.4 is 20.9 Å². The number of rotatable bonds is 5. The third kappa shape index (κ3) is 5.41. The van der Waals surface area contributed by atoms with Gasteiger partial charge in [0.1, 0.15) is 23.3 Å². The van der Waals surface area contributed by atoms with E-state index in [0.29, 0.717) is 43.3 Å². The fourth-order valence-corrected chi connectivity index (χ4v) is 5.46. The molecule has 206 valence electrons. The number of β-amino-alcohol motifs (C(OH)–C–C–N with tert-alkyl or cyclic N) is 1. The largest absolute Gasteiger partial charge is 0.391 e. The van der Waals surface area contributed by atoms with Gasteiger partial charge in [-0.1, -0.05) is 6.92 Å². The number of aliphatic hydroxyl groups excluding tert-OH is 1. The van der Waals surface area contributed by atoms with Gasteiger partial charge in [0.15, 0.2) is 0 Å². The van der Waals surface area contributed by atoms with Crippen molar-refractivity contribution >= 4 is 23.0 Å². The molecule has 4 N–H and O–H groups in total. The average Bonchev–Trinajstić information content (AvgIpc) is 3.31. The number of hydrogen-bond acceptors (Lipinski definition) is 6. The maximum Gasteiger partial charge on any atom is 0.258 e. The van der Waals surface area contributed by atoms with E-state index < -0.39 is 52.0 Å². The summed E-state index contributed by atoms with van der Waals surface area (Å²) in [6, 6.07) is 5.30. The van der Waals surface area contributed by atoms with Gasteiger partial charge in [-0.25, -0.2) is 17.6 Å². The first kappa shape index (κ1) is 26.9. The highest BCUT2D eigenvalue weighted by atomic mass is 19.1. The van der Waals surface area contributed by atoms with Crippen LogP contribution in [-0.2, 0) is 0 Å². The Labute approximate surface area is 223 Å². The minimum Gasteiger partial charge on any atom is -0.391 e. The van der Waals surface area contributed by atoms with E-state index in [-0.39, 0.29) is 18.3 Å². The van der Waals surface area contributed by atoms with Crippen molar-refractivity contribution in [3.63, 3.8) is 0 Å². The molecule has 1 aromatic heterocycles. The summed E-state index contributed by atoms with van der Waals surface area (Å²) in [5.41, 5.74) is 4.78. The van der Waals surface area contributed by atoms with Crippen LogP contribution in [0.15, 0.2) is 42.7 Å². The number of amides is 1. The third-order valence-corrected chi connectivity index (χ3v) is 7.22. The quantitative estimate of drug-likeness (QED) is 0.416. The lowest BCUT2D eigenvalue weighted by Crippen LogP contribution is -2.46. The zero-order valence-corrected chi connectivity index (χ0v) is 21.3. The van der Waals surface area contributed by atoms with Crippen LogP contribution in [0.4, 0.5) is 34.6 Å². The van der Waals surface area contributed by atoms with Crippen LogP contribution in [0, 0.1) is 29.2 Å². The zero-order chi connectivity index (χ0) is 27.8. The van der Waals surface area contributed by atoms with E-state index in [4.69, 9.17) is 5.73 Å². The minimum atomic E-state index is -1.39. The molecule has 0 unspecified atom stereocenters. The van der Waals surface area contributed by atoms with Gasteiger partial charge in [0, 0.05) is 44.1 Å². The normalized spacial score (nSPS) is 21.4. The lowest BCUT2D eigenvalue weighted by Gasteiger charge is -2.37. The highest BCUT2D eigenvalue weighted by Crippen LogP contribution is 2.36. The van der Waals surface area contributed by atoms with E-state index in [9.17, 15) is 14.3 Å². The molecule has 2 aromatic carbocycles. The van der Waals surface area contributed by atoms with Gasteiger partial charge in [0.25, 0.3) is 5.91 Å². The fourth-order valence-electron chi connectivity index (χ4n) is 5.46. The molecule has 3 aromatic rings. The molecule has 0 saturated carbocycles. The molecular formula is C28H29F4N5O2. The van der Waals surface area contributed by atoms with Gasteiger partial charge in [-0.2, -0.15) is 0 Å². The predicted octanol–water partition coefficient (Wildman–Crippen LogP) is 4.30. The van der Waals surface area contributed by atoms with Crippen molar-refractivity contribution in [2.24, 2.45) is 11.7 Å². The van der Waals surface area contributed by atoms with E-state index >= 15 is 13.2 Å². The highest BCUT2D eigenvalue weighted by molar-refractivity contribution is 6.06. The van der Waals surface area contributed by atoms with E-state index in [1.165, 1.54) is 6.20 Å². The number of halogens is 4. The Kier molecular flexibility index (Phi) is 7.46. The summed E-state index contributed by atoms with van der Waals surface area (Å²) < 4.78 is 60.7. The van der Waals surface area contributed by atoms with Crippen LogP contribution in [0.2, 0.25) is 0 Å². The van der Waals surface area contributed by atoms with Crippen LogP contribution in [0.1, 0.15) is 30.1 Å². The Balaban J connectivity index is 1.46. The number of aliphatic hydroxyl groups is 1. The van der Waals surface area contributed by atoms with Gasteiger partial charge in [-0.05, 0) is 49.1 Å². The van der Waals surface area contributed by atoms with Crippen LogP contribution >= 0.6 is 0 Å². The number of pyridine rings is 1. The molecule has 2 fully saturated rings. The maximum absolute atomic E-state index is 15.6. The molecule has 2 aliphatic rings. The number of carbonyl (C=O) groups excluding carboxylic acids is 1. The number of hydrogen-bond donors (Lipinski definition) is 3. The molecule has 0 aliphatic carbocycles. The summed E-state index contributed by atoms with van der Waals surface area (Å²) in [5, 5.41) is 12.3. The number of benzene rings is 2. The van der Waals surface area contributed by atoms with Crippen molar-refractivity contribution in [3.8, 4) is 11.1 Å². The van der Waals surface area contributed by atoms with Crippen LogP contribution in [0.3, 0.4) is 0 Å². The number of aromatic nitrogens is 1. The van der Waals surface area contributed by atoms with Crippen molar-refractivity contribution in [1.29, 1.82) is 0 Å². The summed E-state index contributed by atoms with van der Waals surface area (Å²) in [7, 11) is 0. The van der Waals surface area contributed by atoms with Crippen molar-refractivity contribution in [3.05, 3.63) is 71.6 Å². The summed E-state index contributed by atoms with van der Waals surface area (Å²) in [4.78, 5) is 20.8. The van der Waals surface area contributed by atoms with Crippen molar-refractivity contribution in [2.45, 2.75) is 31.9 Å². The van der Waals surface area contributed by atoms with E-state index in [1.54, 1.807) is 17.2 Å². The Morgan fingerprint density at radius 1 is 1.03 bits per heavy atom. The maximum atomic E-state index is 15.6. The summed E-state index contributed by atoms with van der Waals surface area (Å²) in [6.07, 6.45) is 3.64. The Morgan fingerprint density at radius 2 is 1.77 bits per heavy atom. The molecule has 5 rings (SSSR count). The summed E-state index contributed by atoms with van der Waals surface area (Å²) >= 11 is 0. The number of anilines is 3. The monoisotopic (exact) mass is 543 g/mol. The second-order valence-electron chi connectivity index (χ2n) is 10.3. The summed E-state index contributed by atoms with van der Waals surface area (Å²) in [6.45, 7) is 3.89. The van der Waals surface area contributed by atoms with Gasteiger partial charge < -0.3 is 26.0 Å². The van der Waals surface area contributed by atoms with Gasteiger partial charge in [0.05, 0.1) is 40.4 Å². The molecule has 2 saturated heterocycles. The molecule has 11 heteroatoms. The summed E-state index contributed by atoms with van der Waals surface area (Å²) in [5.74, 6) is -5.60. The Bertz CT molecular complexity index is 1370. The first-order valence-corrected chi connectivity index (χ1v) is 12.8. The second kappa shape index (κ2) is 10.8. The van der Waals surface area contributed by atoms with Gasteiger partial charge in [-0.15, -0.1) is 0 Å². The number of nitrogens with one attached hydrogen (secondary N) is 1. The molecule has 0 radical (unpaired) electrons. The molecular weight excluding hydrogens is 514 g/mol. The van der Waals surface area contributed by atoms with Gasteiger partial charge >= 0.3 is 0 Å². The van der Waals surface area contributed by atoms with Gasteiger partial charge in [0.2, 0.25) is 0 Å². The minimum absolute atomic E-state index is 0.0608. The van der Waals surface area contributed by atoms with Crippen LogP contribution in [0.25, 0.3) is 11.1 Å². The number of nitrogens with two attached hydrogens (primary N) is 1. The second-order valence-corrected chi connectivity index (χ2v) is 10.3. The Morgan fingerprint density at radius 3 is 2.44 bits per heavy atom. The zero-order valence-electron chi connectivity index (χ0n) is 21.3. The first-order chi connectivity index (χ1) is 18.6. The van der Waals surface area contributed by atoms with Crippen molar-refractivity contribution in [2.75, 3.05) is 41.3 Å². The average molecular weight is 544 g/mol. The third-order valence-electron chi connectivity index (χ3n) is 7.22. The SMILES string of the molecule is C[C@@H]1C[C@H](N)CN(c2ccncc2NC(=O)c2ccc(F)c(-c3c(F)cc(N4CC[C@H](O)C4)cc3F)c2F)C1. The van der Waals surface area contributed by atoms with Crippen molar-refractivity contribution < 1.29 is 27.5 Å². The van der Waals surface area contributed by atoms with Crippen molar-refractivity contribution in [1.82, 2.24) is 4.98 Å². The fraction of sp³-hybridized carbons (Fsp3) is 0.357. The van der Waals surface area contributed by atoms with Crippen LogP contribution in [0.5, 0.6) is 0 Å². The molecule has 0 spiro atoms. The molecule has 3 heterocycles. The smallest absolute Gasteiger partial charge is 0.258 e. The molecule has 3 atom stereocenters. The number of nitrogens with zero attached hydrogens (tertiary/aromatic N) is 3. The van der Waals surface area contributed by atoms with E-state index in [1.807, 2.05) is 4.90 Å². The number of piperidine rings is 1. The predicted molar refractivity (Wildman–Crippen MR) is 141 cm³/mol. The lowest BCUT2D eigenvalue weighted by molar-refractivity contribution is 0.102. The standard InChI is InChI=1S/C28H29F4N5O2/c1-15-8-16(33)13-37(12-15)24-4-6-34-11-23(24)35-28(39)19-2-3-20(29)26(27(19)32)25-21(30)9-17(10-22(25)31)36-7-5-18(38)14-36/h2-4,6,9-11,15-16,18,38H,5,7-8,12-14,33H2,1H3,(H,35,39)/t15-,16+,18+/m1/s1. The van der Waals surface area contributed by atoms with E-state index in [2.05, 4.69) is 17.2 Å². The first-order valence-electron chi connectivity index (χ1n) is 12.8. The van der Waals surface area contributed by atoms with Gasteiger partial charge in [-0.3, -0.25) is 9.78 Å². The molecule has 39 heavy (non-hydrogen) atoms. The molecule has 1 amide bonds. The lowest BCUT2D eigenvalue weighted by atomic mass is 9.96. The molecule has 2 aliphatic heterocycles. The van der Waals surface area contributed by atoms with Crippen LogP contribution in [-0.4, -0.2) is 54.3 Å². The number of carbonyl (C=O) groups is 1.